The SMILES string of the molecule is Nc1cc(C(=O)O)ccc1NC(=O)c1cc[nH]c(=O)c1. The number of amides is 1. The van der Waals surface area contributed by atoms with Crippen LogP contribution < -0.4 is 16.6 Å². The summed E-state index contributed by atoms with van der Waals surface area (Å²) in [5.41, 5.74) is 5.88. The maximum atomic E-state index is 11.9. The second-order valence-electron chi connectivity index (χ2n) is 4.00. The Morgan fingerprint density at radius 3 is 2.50 bits per heavy atom. The van der Waals surface area contributed by atoms with E-state index in [-0.39, 0.29) is 22.5 Å². The molecule has 0 unspecified atom stereocenters. The van der Waals surface area contributed by atoms with Gasteiger partial charge in [0.05, 0.1) is 16.9 Å². The number of rotatable bonds is 3. The molecule has 2 rings (SSSR count). The minimum Gasteiger partial charge on any atom is -0.478 e. The average molecular weight is 273 g/mol. The van der Waals surface area contributed by atoms with Gasteiger partial charge in [-0.2, -0.15) is 0 Å². The van der Waals surface area contributed by atoms with Gasteiger partial charge in [-0.25, -0.2) is 4.79 Å². The first-order valence-electron chi connectivity index (χ1n) is 5.60. The molecule has 0 saturated carbocycles. The highest BCUT2D eigenvalue weighted by Gasteiger charge is 2.10. The second-order valence-corrected chi connectivity index (χ2v) is 4.00. The molecule has 1 amide bonds. The number of carboxylic acids is 1. The molecule has 0 atom stereocenters. The van der Waals surface area contributed by atoms with Gasteiger partial charge in [-0.3, -0.25) is 9.59 Å². The van der Waals surface area contributed by atoms with Crippen LogP contribution in [0, 0.1) is 0 Å². The predicted octanol–water partition coefficient (Wildman–Crippen LogP) is 0.908. The molecule has 0 fully saturated rings. The van der Waals surface area contributed by atoms with Crippen molar-refractivity contribution in [3.8, 4) is 0 Å². The van der Waals surface area contributed by atoms with Crippen LogP contribution in [0.5, 0.6) is 0 Å². The van der Waals surface area contributed by atoms with E-state index in [1.54, 1.807) is 0 Å². The molecule has 7 heteroatoms. The average Bonchev–Trinajstić information content (AvgIpc) is 2.40. The van der Waals surface area contributed by atoms with Gasteiger partial charge in [0.1, 0.15) is 0 Å². The standard InChI is InChI=1S/C13H11N3O4/c14-9-5-8(13(19)20)1-2-10(9)16-12(18)7-3-4-15-11(17)6-7/h1-6H,14H2,(H,15,17)(H,16,18)(H,19,20). The number of carbonyl (C=O) groups excluding carboxylic acids is 1. The molecule has 0 spiro atoms. The Morgan fingerprint density at radius 1 is 1.15 bits per heavy atom. The number of hydrogen-bond acceptors (Lipinski definition) is 4. The van der Waals surface area contributed by atoms with Gasteiger partial charge in [0.15, 0.2) is 0 Å². The van der Waals surface area contributed by atoms with Crippen molar-refractivity contribution in [1.82, 2.24) is 4.98 Å². The molecule has 0 saturated heterocycles. The van der Waals surface area contributed by atoms with E-state index in [1.165, 1.54) is 30.5 Å². The number of aromatic amines is 1. The lowest BCUT2D eigenvalue weighted by Gasteiger charge is -2.08. The number of H-pyrrole nitrogens is 1. The third-order valence-corrected chi connectivity index (χ3v) is 2.58. The van der Waals surface area contributed by atoms with Crippen LogP contribution in [-0.2, 0) is 0 Å². The number of hydrogen-bond donors (Lipinski definition) is 4. The van der Waals surface area contributed by atoms with E-state index in [2.05, 4.69) is 10.3 Å². The van der Waals surface area contributed by atoms with Crippen molar-refractivity contribution in [2.24, 2.45) is 0 Å². The third-order valence-electron chi connectivity index (χ3n) is 2.58. The fraction of sp³-hybridized carbons (Fsp3) is 0. The predicted molar refractivity (Wildman–Crippen MR) is 72.8 cm³/mol. The Labute approximate surface area is 113 Å². The number of aromatic nitrogens is 1. The van der Waals surface area contributed by atoms with Crippen LogP contribution in [0.2, 0.25) is 0 Å². The summed E-state index contributed by atoms with van der Waals surface area (Å²) < 4.78 is 0. The molecule has 0 bridgehead atoms. The minimum atomic E-state index is -1.11. The number of benzene rings is 1. The molecule has 2 aromatic rings. The van der Waals surface area contributed by atoms with Crippen LogP contribution in [0.25, 0.3) is 0 Å². The Morgan fingerprint density at radius 2 is 1.90 bits per heavy atom. The number of anilines is 2. The molecule has 1 heterocycles. The first-order chi connectivity index (χ1) is 9.47. The topological polar surface area (TPSA) is 125 Å². The number of nitrogens with one attached hydrogen (secondary N) is 2. The summed E-state index contributed by atoms with van der Waals surface area (Å²) in [6.45, 7) is 0. The zero-order valence-corrected chi connectivity index (χ0v) is 10.2. The summed E-state index contributed by atoms with van der Waals surface area (Å²) in [7, 11) is 0. The molecule has 5 N–H and O–H groups in total. The molecule has 20 heavy (non-hydrogen) atoms. The largest absolute Gasteiger partial charge is 0.478 e. The molecule has 0 aliphatic carbocycles. The van der Waals surface area contributed by atoms with Gasteiger partial charge >= 0.3 is 5.97 Å². The van der Waals surface area contributed by atoms with Gasteiger partial charge in [0.25, 0.3) is 5.91 Å². The monoisotopic (exact) mass is 273 g/mol. The van der Waals surface area contributed by atoms with Crippen LogP contribution in [0.15, 0.2) is 41.3 Å². The molecule has 0 radical (unpaired) electrons. The molecular formula is C13H11N3O4. The third kappa shape index (κ3) is 2.83. The van der Waals surface area contributed by atoms with Gasteiger partial charge in [0.2, 0.25) is 5.56 Å². The fourth-order valence-electron chi connectivity index (χ4n) is 1.59. The fourth-order valence-corrected chi connectivity index (χ4v) is 1.59. The number of nitrogens with two attached hydrogens (primary N) is 1. The Hall–Kier alpha value is -3.09. The number of carbonyl (C=O) groups is 2. The summed E-state index contributed by atoms with van der Waals surface area (Å²) in [5, 5.41) is 11.3. The van der Waals surface area contributed by atoms with E-state index >= 15 is 0 Å². The van der Waals surface area contributed by atoms with E-state index in [4.69, 9.17) is 10.8 Å². The van der Waals surface area contributed by atoms with Crippen molar-refractivity contribution in [2.75, 3.05) is 11.1 Å². The molecule has 0 aliphatic rings. The van der Waals surface area contributed by atoms with Gasteiger partial charge in [-0.15, -0.1) is 0 Å². The molecule has 1 aromatic heterocycles. The van der Waals surface area contributed by atoms with Gasteiger partial charge in [-0.1, -0.05) is 0 Å². The lowest BCUT2D eigenvalue weighted by Crippen LogP contribution is -2.16. The zero-order valence-electron chi connectivity index (χ0n) is 10.2. The Bertz CT molecular complexity index is 736. The van der Waals surface area contributed by atoms with Crippen LogP contribution in [-0.4, -0.2) is 22.0 Å². The molecule has 0 aliphatic heterocycles. The zero-order chi connectivity index (χ0) is 14.7. The van der Waals surface area contributed by atoms with Crippen LogP contribution in [0.4, 0.5) is 11.4 Å². The molecule has 1 aromatic carbocycles. The lowest BCUT2D eigenvalue weighted by atomic mass is 10.1. The quantitative estimate of drug-likeness (QED) is 0.618. The second kappa shape index (κ2) is 5.27. The summed E-state index contributed by atoms with van der Waals surface area (Å²) in [5.74, 6) is -1.62. The van der Waals surface area contributed by atoms with Gasteiger partial charge < -0.3 is 21.1 Å². The van der Waals surface area contributed by atoms with Gasteiger partial charge in [0, 0.05) is 17.8 Å². The highest BCUT2D eigenvalue weighted by molar-refractivity contribution is 6.06. The van der Waals surface area contributed by atoms with Crippen LogP contribution >= 0.6 is 0 Å². The van der Waals surface area contributed by atoms with Crippen molar-refractivity contribution >= 4 is 23.3 Å². The Kier molecular flexibility index (Phi) is 3.52. The number of nitrogen functional groups attached to an aromatic ring is 1. The van der Waals surface area contributed by atoms with Gasteiger partial charge in [-0.05, 0) is 24.3 Å². The number of pyridine rings is 1. The van der Waals surface area contributed by atoms with E-state index in [0.29, 0.717) is 0 Å². The highest BCUT2D eigenvalue weighted by atomic mass is 16.4. The lowest BCUT2D eigenvalue weighted by molar-refractivity contribution is 0.0697. The van der Waals surface area contributed by atoms with Crippen LogP contribution in [0.3, 0.4) is 0 Å². The van der Waals surface area contributed by atoms with Crippen molar-refractivity contribution in [1.29, 1.82) is 0 Å². The maximum Gasteiger partial charge on any atom is 0.335 e. The summed E-state index contributed by atoms with van der Waals surface area (Å²) >= 11 is 0. The van der Waals surface area contributed by atoms with Crippen molar-refractivity contribution in [3.05, 3.63) is 58.0 Å². The van der Waals surface area contributed by atoms with E-state index < -0.39 is 17.4 Å². The highest BCUT2D eigenvalue weighted by Crippen LogP contribution is 2.20. The first-order valence-corrected chi connectivity index (χ1v) is 5.60. The van der Waals surface area contributed by atoms with Crippen LogP contribution in [0.1, 0.15) is 20.7 Å². The van der Waals surface area contributed by atoms with Crippen molar-refractivity contribution in [2.45, 2.75) is 0 Å². The molecule has 102 valence electrons. The summed E-state index contributed by atoms with van der Waals surface area (Å²) in [4.78, 5) is 36.2. The number of aromatic carboxylic acids is 1. The minimum absolute atomic E-state index is 0.0247. The number of carboxylic acid groups (broad SMARTS) is 1. The summed E-state index contributed by atoms with van der Waals surface area (Å²) in [6.07, 6.45) is 1.36. The summed E-state index contributed by atoms with van der Waals surface area (Å²) in [6, 6.07) is 6.56. The van der Waals surface area contributed by atoms with E-state index in [9.17, 15) is 14.4 Å². The van der Waals surface area contributed by atoms with E-state index in [1.807, 2.05) is 0 Å². The Balaban J connectivity index is 2.24. The van der Waals surface area contributed by atoms with Crippen molar-refractivity contribution in [3.63, 3.8) is 0 Å². The molecular weight excluding hydrogens is 262 g/mol. The molecule has 7 nitrogen and oxygen atoms in total. The first kappa shape index (κ1) is 13.3. The normalized spacial score (nSPS) is 10.0. The van der Waals surface area contributed by atoms with Crippen molar-refractivity contribution < 1.29 is 14.7 Å². The maximum absolute atomic E-state index is 11.9. The van der Waals surface area contributed by atoms with E-state index in [0.717, 1.165) is 6.07 Å². The smallest absolute Gasteiger partial charge is 0.335 e.